The van der Waals surface area contributed by atoms with Crippen LogP contribution in [0.2, 0.25) is 0 Å². The molecule has 4 heteroatoms. The molecule has 0 aliphatic heterocycles. The van der Waals surface area contributed by atoms with E-state index >= 15 is 0 Å². The monoisotopic (exact) mass is 263 g/mol. The molecule has 0 aliphatic rings. The van der Waals surface area contributed by atoms with Crippen LogP contribution in [-0.2, 0) is 16.0 Å². The molecule has 0 saturated carbocycles. The van der Waals surface area contributed by atoms with E-state index in [1.54, 1.807) is 13.8 Å². The van der Waals surface area contributed by atoms with Crippen LogP contribution in [0.3, 0.4) is 0 Å². The van der Waals surface area contributed by atoms with Crippen LogP contribution in [0, 0.1) is 0 Å². The highest BCUT2D eigenvalue weighted by molar-refractivity contribution is 5.85. The second-order valence-corrected chi connectivity index (χ2v) is 4.83. The summed E-state index contributed by atoms with van der Waals surface area (Å²) in [7, 11) is 0. The molecule has 0 radical (unpaired) electrons. The molecule has 1 rings (SSSR count). The topological polar surface area (TPSA) is 57.6 Å². The number of carbonyl (C=O) groups is 2. The molecule has 0 aromatic heterocycles. The molecule has 1 atom stereocenters. The number of hydrogen-bond acceptors (Lipinski definition) is 2. The minimum atomic E-state index is -1.16. The van der Waals surface area contributed by atoms with Gasteiger partial charge in [-0.05, 0) is 32.3 Å². The first kappa shape index (κ1) is 15.2. The van der Waals surface area contributed by atoms with E-state index in [9.17, 15) is 14.7 Å². The first-order valence-corrected chi connectivity index (χ1v) is 6.47. The molecule has 0 spiro atoms. The summed E-state index contributed by atoms with van der Waals surface area (Å²) in [6, 6.07) is 9.71. The first-order chi connectivity index (χ1) is 8.91. The van der Waals surface area contributed by atoms with Crippen LogP contribution < -0.4 is 0 Å². The van der Waals surface area contributed by atoms with Gasteiger partial charge in [-0.2, -0.15) is 0 Å². The zero-order chi connectivity index (χ0) is 14.5. The van der Waals surface area contributed by atoms with Crippen LogP contribution in [0.25, 0.3) is 0 Å². The quantitative estimate of drug-likeness (QED) is 0.857. The standard InChI is InChI=1S/C15H21NO3/c1-4-16(12(2)17)15(3,14(18)19)11-10-13-8-6-5-7-9-13/h5-9H,4,10-11H2,1-3H3,(H,18,19). The van der Waals surface area contributed by atoms with Gasteiger partial charge in [-0.15, -0.1) is 0 Å². The predicted molar refractivity (Wildman–Crippen MR) is 73.9 cm³/mol. The summed E-state index contributed by atoms with van der Waals surface area (Å²) in [6.07, 6.45) is 1.03. The zero-order valence-corrected chi connectivity index (χ0v) is 11.7. The number of nitrogens with zero attached hydrogens (tertiary/aromatic N) is 1. The van der Waals surface area contributed by atoms with Crippen molar-refractivity contribution in [1.29, 1.82) is 0 Å². The highest BCUT2D eigenvalue weighted by atomic mass is 16.4. The highest BCUT2D eigenvalue weighted by Crippen LogP contribution is 2.22. The van der Waals surface area contributed by atoms with Crippen molar-refractivity contribution in [3.05, 3.63) is 35.9 Å². The smallest absolute Gasteiger partial charge is 0.329 e. The number of aryl methyl sites for hydroxylation is 1. The maximum atomic E-state index is 11.6. The summed E-state index contributed by atoms with van der Waals surface area (Å²) in [5, 5.41) is 9.47. The highest BCUT2D eigenvalue weighted by Gasteiger charge is 2.39. The second kappa shape index (κ2) is 6.36. The molecule has 104 valence electrons. The van der Waals surface area contributed by atoms with Crippen molar-refractivity contribution < 1.29 is 14.7 Å². The molecule has 0 heterocycles. The summed E-state index contributed by atoms with van der Waals surface area (Å²) < 4.78 is 0. The SMILES string of the molecule is CCN(C(C)=O)C(C)(CCc1ccccc1)C(=O)O. The van der Waals surface area contributed by atoms with Crippen LogP contribution in [0.1, 0.15) is 32.8 Å². The van der Waals surface area contributed by atoms with E-state index in [1.807, 2.05) is 30.3 Å². The molecule has 0 saturated heterocycles. The molecular weight excluding hydrogens is 242 g/mol. The number of hydrogen-bond donors (Lipinski definition) is 1. The lowest BCUT2D eigenvalue weighted by Crippen LogP contribution is -2.54. The first-order valence-electron chi connectivity index (χ1n) is 6.47. The Labute approximate surface area is 114 Å². The Morgan fingerprint density at radius 1 is 1.26 bits per heavy atom. The fraction of sp³-hybridized carbons (Fsp3) is 0.467. The van der Waals surface area contributed by atoms with Gasteiger partial charge in [0.1, 0.15) is 5.54 Å². The Kier molecular flexibility index (Phi) is 5.10. The van der Waals surface area contributed by atoms with E-state index in [0.29, 0.717) is 19.4 Å². The van der Waals surface area contributed by atoms with Crippen molar-refractivity contribution in [3.8, 4) is 0 Å². The van der Waals surface area contributed by atoms with E-state index in [1.165, 1.54) is 11.8 Å². The fourth-order valence-corrected chi connectivity index (χ4v) is 2.31. The number of aliphatic carboxylic acids is 1. The molecule has 1 amide bonds. The molecule has 1 unspecified atom stereocenters. The summed E-state index contributed by atoms with van der Waals surface area (Å²) >= 11 is 0. The van der Waals surface area contributed by atoms with Gasteiger partial charge in [0.15, 0.2) is 0 Å². The number of benzene rings is 1. The second-order valence-electron chi connectivity index (χ2n) is 4.83. The molecule has 1 aromatic rings. The van der Waals surface area contributed by atoms with Crippen LogP contribution in [0.15, 0.2) is 30.3 Å². The van der Waals surface area contributed by atoms with Crippen molar-refractivity contribution in [1.82, 2.24) is 4.90 Å². The third kappa shape index (κ3) is 3.56. The number of amides is 1. The average Bonchev–Trinajstić information content (AvgIpc) is 2.37. The summed E-state index contributed by atoms with van der Waals surface area (Å²) in [6.45, 7) is 5.22. The van der Waals surface area contributed by atoms with Gasteiger partial charge in [-0.3, -0.25) is 4.79 Å². The Morgan fingerprint density at radius 3 is 2.26 bits per heavy atom. The largest absolute Gasteiger partial charge is 0.480 e. The summed E-state index contributed by atoms with van der Waals surface area (Å²) in [4.78, 5) is 24.6. The van der Waals surface area contributed by atoms with Gasteiger partial charge in [-0.1, -0.05) is 30.3 Å². The molecule has 0 fully saturated rings. The van der Waals surface area contributed by atoms with Gasteiger partial charge >= 0.3 is 5.97 Å². The molecule has 4 nitrogen and oxygen atoms in total. The number of likely N-dealkylation sites (N-methyl/N-ethyl adjacent to an activating group) is 1. The number of carboxylic acids is 1. The number of carbonyl (C=O) groups excluding carboxylic acids is 1. The van der Waals surface area contributed by atoms with E-state index in [0.717, 1.165) is 5.56 Å². The molecule has 0 aliphatic carbocycles. The number of carboxylic acid groups (broad SMARTS) is 1. The van der Waals surface area contributed by atoms with Crippen molar-refractivity contribution in [2.24, 2.45) is 0 Å². The van der Waals surface area contributed by atoms with Gasteiger partial charge in [0.2, 0.25) is 5.91 Å². The molecule has 1 N–H and O–H groups in total. The lowest BCUT2D eigenvalue weighted by atomic mass is 9.91. The minimum absolute atomic E-state index is 0.208. The lowest BCUT2D eigenvalue weighted by Gasteiger charge is -2.36. The Morgan fingerprint density at radius 2 is 1.84 bits per heavy atom. The van der Waals surface area contributed by atoms with Gasteiger partial charge in [0.25, 0.3) is 0 Å². The molecule has 19 heavy (non-hydrogen) atoms. The molecular formula is C15H21NO3. The third-order valence-electron chi connectivity index (χ3n) is 3.50. The van der Waals surface area contributed by atoms with Crippen LogP contribution in [0.4, 0.5) is 0 Å². The van der Waals surface area contributed by atoms with E-state index in [2.05, 4.69) is 0 Å². The van der Waals surface area contributed by atoms with Crippen molar-refractivity contribution in [2.45, 2.75) is 39.2 Å². The average molecular weight is 263 g/mol. The number of rotatable bonds is 6. The summed E-state index contributed by atoms with van der Waals surface area (Å²) in [5.74, 6) is -1.17. The minimum Gasteiger partial charge on any atom is -0.480 e. The Balaban J connectivity index is 2.88. The van der Waals surface area contributed by atoms with Gasteiger partial charge in [0.05, 0.1) is 0 Å². The fourth-order valence-electron chi connectivity index (χ4n) is 2.31. The van der Waals surface area contributed by atoms with E-state index < -0.39 is 11.5 Å². The maximum Gasteiger partial charge on any atom is 0.329 e. The van der Waals surface area contributed by atoms with E-state index in [-0.39, 0.29) is 5.91 Å². The van der Waals surface area contributed by atoms with Gasteiger partial charge in [-0.25, -0.2) is 4.79 Å². The van der Waals surface area contributed by atoms with Crippen LogP contribution >= 0.6 is 0 Å². The third-order valence-corrected chi connectivity index (χ3v) is 3.50. The Bertz CT molecular complexity index is 444. The van der Waals surface area contributed by atoms with Gasteiger partial charge in [0, 0.05) is 13.5 Å². The zero-order valence-electron chi connectivity index (χ0n) is 11.7. The van der Waals surface area contributed by atoms with E-state index in [4.69, 9.17) is 0 Å². The maximum absolute atomic E-state index is 11.6. The molecule has 1 aromatic carbocycles. The van der Waals surface area contributed by atoms with Gasteiger partial charge < -0.3 is 10.0 Å². The predicted octanol–water partition coefficient (Wildman–Crippen LogP) is 2.33. The van der Waals surface area contributed by atoms with Crippen molar-refractivity contribution in [2.75, 3.05) is 6.54 Å². The molecule has 0 bridgehead atoms. The lowest BCUT2D eigenvalue weighted by molar-refractivity contribution is -0.157. The van der Waals surface area contributed by atoms with Crippen molar-refractivity contribution in [3.63, 3.8) is 0 Å². The van der Waals surface area contributed by atoms with Crippen LogP contribution in [0.5, 0.6) is 0 Å². The van der Waals surface area contributed by atoms with Crippen molar-refractivity contribution >= 4 is 11.9 Å². The Hall–Kier alpha value is -1.84. The van der Waals surface area contributed by atoms with Crippen LogP contribution in [-0.4, -0.2) is 34.0 Å². The normalized spacial score (nSPS) is 13.6. The summed E-state index contributed by atoms with van der Waals surface area (Å²) in [5.41, 5.74) is -0.0780.